The quantitative estimate of drug-likeness (QED) is 0.732. The van der Waals surface area contributed by atoms with Crippen molar-refractivity contribution in [3.8, 4) is 0 Å². The van der Waals surface area contributed by atoms with Gasteiger partial charge in [-0.2, -0.15) is 10.2 Å². The number of hydrogen-bond acceptors (Lipinski definition) is 5. The van der Waals surface area contributed by atoms with E-state index in [0.29, 0.717) is 5.15 Å². The molecular weight excluding hydrogens is 328 g/mol. The summed E-state index contributed by atoms with van der Waals surface area (Å²) in [5, 5.41) is 9.26. The van der Waals surface area contributed by atoms with Gasteiger partial charge in [0.25, 0.3) is 0 Å². The van der Waals surface area contributed by atoms with Crippen molar-refractivity contribution in [1.82, 2.24) is 15.2 Å². The standard InChI is InChI=1S/C17H15ClN4S/c1-11-8-20-21-10-14(11)15-7-17(22-15)23-12(2)3-4-13-5-6-16(18)19-9-13/h5-10H,2-4H2,1H3. The van der Waals surface area contributed by atoms with Gasteiger partial charge in [0.05, 0.1) is 18.1 Å². The maximum absolute atomic E-state index is 5.78. The third-order valence-corrected chi connectivity index (χ3v) is 4.56. The molecular formula is C17H15ClN4S. The van der Waals surface area contributed by atoms with Crippen molar-refractivity contribution in [3.63, 3.8) is 0 Å². The third kappa shape index (κ3) is 4.06. The molecule has 0 unspecified atom stereocenters. The van der Waals surface area contributed by atoms with Gasteiger partial charge < -0.3 is 0 Å². The highest BCUT2D eigenvalue weighted by Gasteiger charge is 2.16. The van der Waals surface area contributed by atoms with Crippen LogP contribution in [0, 0.1) is 6.92 Å². The Balaban J connectivity index is 1.49. The summed E-state index contributed by atoms with van der Waals surface area (Å²) < 4.78 is 0. The van der Waals surface area contributed by atoms with E-state index in [9.17, 15) is 0 Å². The number of hydrogen-bond donors (Lipinski definition) is 0. The van der Waals surface area contributed by atoms with Crippen molar-refractivity contribution in [1.29, 1.82) is 0 Å². The van der Waals surface area contributed by atoms with Crippen molar-refractivity contribution in [2.75, 3.05) is 0 Å². The molecule has 0 saturated carbocycles. The first-order valence-corrected chi connectivity index (χ1v) is 8.35. The summed E-state index contributed by atoms with van der Waals surface area (Å²) in [6, 6.07) is 3.80. The minimum atomic E-state index is 0.518. The van der Waals surface area contributed by atoms with Crippen LogP contribution in [-0.4, -0.2) is 20.9 Å². The molecule has 0 fully saturated rings. The Morgan fingerprint density at radius 2 is 2.00 bits per heavy atom. The van der Waals surface area contributed by atoms with Crippen LogP contribution < -0.4 is 0 Å². The molecule has 0 N–H and O–H groups in total. The second kappa shape index (κ2) is 7.06. The molecule has 2 aromatic heterocycles. The highest BCUT2D eigenvalue weighted by molar-refractivity contribution is 8.06. The molecule has 0 aromatic carbocycles. The molecule has 6 heteroatoms. The second-order valence-corrected chi connectivity index (χ2v) is 6.78. The smallest absolute Gasteiger partial charge is 0.129 e. The minimum absolute atomic E-state index is 0.518. The zero-order chi connectivity index (χ0) is 16.2. The van der Waals surface area contributed by atoms with Crippen molar-refractivity contribution in [3.05, 3.63) is 75.2 Å². The predicted octanol–water partition coefficient (Wildman–Crippen LogP) is 4.36. The van der Waals surface area contributed by atoms with Gasteiger partial charge in [-0.3, -0.25) is 0 Å². The highest BCUT2D eigenvalue weighted by atomic mass is 35.5. The van der Waals surface area contributed by atoms with Gasteiger partial charge in [0, 0.05) is 11.8 Å². The second-order valence-electron chi connectivity index (χ2n) is 5.20. The summed E-state index contributed by atoms with van der Waals surface area (Å²) in [4.78, 5) is 9.71. The first kappa shape index (κ1) is 15.9. The molecule has 116 valence electrons. The third-order valence-electron chi connectivity index (χ3n) is 3.43. The molecule has 0 radical (unpaired) electrons. The zero-order valence-corrected chi connectivity index (χ0v) is 14.2. The summed E-state index contributed by atoms with van der Waals surface area (Å²) in [6.45, 7) is 6.11. The van der Waals surface area contributed by atoms with Crippen molar-refractivity contribution < 1.29 is 0 Å². The van der Waals surface area contributed by atoms with E-state index in [4.69, 9.17) is 11.6 Å². The van der Waals surface area contributed by atoms with Gasteiger partial charge in [0.2, 0.25) is 0 Å². The van der Waals surface area contributed by atoms with Crippen LogP contribution in [0.25, 0.3) is 0 Å². The molecule has 1 aliphatic heterocycles. The number of aromatic nitrogens is 3. The largest absolute Gasteiger partial charge is 0.244 e. The molecule has 0 amide bonds. The summed E-state index contributed by atoms with van der Waals surface area (Å²) in [5.41, 5.74) is 4.21. The number of thioether (sulfide) groups is 1. The molecule has 0 bridgehead atoms. The number of halogens is 1. The SMILES string of the molecule is C=C(CCc1ccc(Cl)nc1)SC1=CC(c2cnncc2C)=N1. The monoisotopic (exact) mass is 342 g/mol. The topological polar surface area (TPSA) is 51.0 Å². The van der Waals surface area contributed by atoms with E-state index in [1.807, 2.05) is 19.1 Å². The fourth-order valence-electron chi connectivity index (χ4n) is 2.11. The van der Waals surface area contributed by atoms with E-state index < -0.39 is 0 Å². The van der Waals surface area contributed by atoms with Crippen LogP contribution in [0.4, 0.5) is 0 Å². The lowest BCUT2D eigenvalue weighted by Crippen LogP contribution is -2.08. The number of aliphatic imine (C=N–C) groups is 1. The number of pyridine rings is 1. The number of aryl methyl sites for hydroxylation is 2. The minimum Gasteiger partial charge on any atom is -0.244 e. The van der Waals surface area contributed by atoms with E-state index in [-0.39, 0.29) is 0 Å². The highest BCUT2D eigenvalue weighted by Crippen LogP contribution is 2.33. The Morgan fingerprint density at radius 3 is 2.70 bits per heavy atom. The fourth-order valence-corrected chi connectivity index (χ4v) is 3.04. The molecule has 4 nitrogen and oxygen atoms in total. The maximum Gasteiger partial charge on any atom is 0.129 e. The van der Waals surface area contributed by atoms with Crippen LogP contribution in [0.1, 0.15) is 23.1 Å². The fraction of sp³-hybridized carbons (Fsp3) is 0.176. The van der Waals surface area contributed by atoms with Gasteiger partial charge in [0.1, 0.15) is 10.2 Å². The van der Waals surface area contributed by atoms with Crippen LogP contribution in [0.15, 0.2) is 58.3 Å². The van der Waals surface area contributed by atoms with E-state index in [0.717, 1.165) is 45.2 Å². The van der Waals surface area contributed by atoms with Crippen LogP contribution in [0.5, 0.6) is 0 Å². The van der Waals surface area contributed by atoms with Gasteiger partial charge in [0.15, 0.2) is 0 Å². The van der Waals surface area contributed by atoms with Crippen molar-refractivity contribution >= 4 is 29.1 Å². The van der Waals surface area contributed by atoms with Crippen LogP contribution in [-0.2, 0) is 6.42 Å². The molecule has 0 spiro atoms. The Kier molecular flexibility index (Phi) is 4.88. The van der Waals surface area contributed by atoms with E-state index >= 15 is 0 Å². The normalized spacial score (nSPS) is 13.1. The summed E-state index contributed by atoms with van der Waals surface area (Å²) in [5.74, 6) is 0. The van der Waals surface area contributed by atoms with Gasteiger partial charge in [-0.15, -0.1) is 0 Å². The molecule has 23 heavy (non-hydrogen) atoms. The zero-order valence-electron chi connectivity index (χ0n) is 12.7. The lowest BCUT2D eigenvalue weighted by molar-refractivity contribution is 0.979. The Morgan fingerprint density at radius 1 is 1.22 bits per heavy atom. The summed E-state index contributed by atoms with van der Waals surface area (Å²) in [7, 11) is 0. The average molecular weight is 343 g/mol. The van der Waals surface area contributed by atoms with Crippen molar-refractivity contribution in [2.24, 2.45) is 4.99 Å². The maximum atomic E-state index is 5.78. The molecule has 3 heterocycles. The number of allylic oxidation sites excluding steroid dienone is 2. The van der Waals surface area contributed by atoms with E-state index in [1.165, 1.54) is 0 Å². The van der Waals surface area contributed by atoms with Crippen LogP contribution in [0.3, 0.4) is 0 Å². The molecule has 2 aromatic rings. The number of rotatable bonds is 6. The van der Waals surface area contributed by atoms with Crippen LogP contribution in [0.2, 0.25) is 5.15 Å². The summed E-state index contributed by atoms with van der Waals surface area (Å²) >= 11 is 7.39. The lowest BCUT2D eigenvalue weighted by Gasteiger charge is -2.15. The Labute approximate surface area is 144 Å². The van der Waals surface area contributed by atoms with Gasteiger partial charge in [-0.1, -0.05) is 36.0 Å². The first-order chi connectivity index (χ1) is 11.1. The van der Waals surface area contributed by atoms with E-state index in [2.05, 4.69) is 32.8 Å². The molecule has 1 aliphatic rings. The molecule has 0 aliphatic carbocycles. The summed E-state index contributed by atoms with van der Waals surface area (Å²) in [6.07, 6.45) is 9.13. The molecule has 0 atom stereocenters. The van der Waals surface area contributed by atoms with E-state index in [1.54, 1.807) is 30.4 Å². The van der Waals surface area contributed by atoms with Crippen molar-refractivity contribution in [2.45, 2.75) is 19.8 Å². The Bertz CT molecular complexity index is 796. The Hall–Kier alpha value is -1.98. The lowest BCUT2D eigenvalue weighted by atomic mass is 10.1. The van der Waals surface area contributed by atoms with Gasteiger partial charge in [-0.25, -0.2) is 9.98 Å². The number of nitrogens with zero attached hydrogens (tertiary/aromatic N) is 4. The predicted molar refractivity (Wildman–Crippen MR) is 95.7 cm³/mol. The average Bonchev–Trinajstić information content (AvgIpc) is 2.51. The molecule has 0 saturated heterocycles. The van der Waals surface area contributed by atoms with Gasteiger partial charge >= 0.3 is 0 Å². The van der Waals surface area contributed by atoms with Crippen LogP contribution >= 0.6 is 23.4 Å². The van der Waals surface area contributed by atoms with Gasteiger partial charge in [-0.05, 0) is 47.9 Å². The first-order valence-electron chi connectivity index (χ1n) is 7.16. The molecule has 3 rings (SSSR count).